The number of rotatable bonds is 3. The van der Waals surface area contributed by atoms with E-state index in [2.05, 4.69) is 22.9 Å². The van der Waals surface area contributed by atoms with Gasteiger partial charge in [0.1, 0.15) is 5.82 Å². The summed E-state index contributed by atoms with van der Waals surface area (Å²) in [4.78, 5) is 6.94. The smallest absolute Gasteiger partial charge is 0.128 e. The predicted molar refractivity (Wildman–Crippen MR) is 69.0 cm³/mol. The third kappa shape index (κ3) is 2.67. The summed E-state index contributed by atoms with van der Waals surface area (Å²) in [5.74, 6) is 2.50. The number of piperidine rings is 1. The Morgan fingerprint density at radius 1 is 1.38 bits per heavy atom. The lowest BCUT2D eigenvalue weighted by atomic mass is 9.94. The molecule has 1 aromatic heterocycles. The van der Waals surface area contributed by atoms with Gasteiger partial charge in [0.25, 0.3) is 0 Å². The van der Waals surface area contributed by atoms with Crippen molar-refractivity contribution in [1.29, 1.82) is 0 Å². The van der Waals surface area contributed by atoms with Crippen molar-refractivity contribution in [3.05, 3.63) is 23.9 Å². The normalized spacial score (nSPS) is 17.8. The summed E-state index contributed by atoms with van der Waals surface area (Å²) in [6.45, 7) is 4.56. The zero-order valence-electron chi connectivity index (χ0n) is 9.82. The van der Waals surface area contributed by atoms with Gasteiger partial charge in [-0.25, -0.2) is 4.98 Å². The molecule has 88 valence electrons. The minimum Gasteiger partial charge on any atom is -0.357 e. The molecule has 0 radical (unpaired) electrons. The zero-order chi connectivity index (χ0) is 11.4. The number of alkyl halides is 1. The maximum Gasteiger partial charge on any atom is 0.128 e. The van der Waals surface area contributed by atoms with Crippen molar-refractivity contribution >= 4 is 17.4 Å². The van der Waals surface area contributed by atoms with Crippen molar-refractivity contribution in [1.82, 2.24) is 4.98 Å². The first-order valence-electron chi connectivity index (χ1n) is 6.10. The number of anilines is 1. The molecule has 2 rings (SSSR count). The fourth-order valence-electron chi connectivity index (χ4n) is 2.29. The average Bonchev–Trinajstić information content (AvgIpc) is 2.39. The predicted octanol–water partition coefficient (Wildman–Crippen LogP) is 3.45. The number of halogens is 1. The Kier molecular flexibility index (Phi) is 4.05. The number of aromatic nitrogens is 1. The fourth-order valence-corrected chi connectivity index (χ4v) is 2.44. The van der Waals surface area contributed by atoms with E-state index in [-0.39, 0.29) is 0 Å². The minimum absolute atomic E-state index is 0.499. The van der Waals surface area contributed by atoms with Crippen LogP contribution in [0.3, 0.4) is 0 Å². The Morgan fingerprint density at radius 3 is 2.75 bits per heavy atom. The van der Waals surface area contributed by atoms with Gasteiger partial charge >= 0.3 is 0 Å². The summed E-state index contributed by atoms with van der Waals surface area (Å²) in [6, 6.07) is 6.11. The maximum absolute atomic E-state index is 5.80. The summed E-state index contributed by atoms with van der Waals surface area (Å²) in [5, 5.41) is 0. The van der Waals surface area contributed by atoms with E-state index >= 15 is 0 Å². The van der Waals surface area contributed by atoms with Gasteiger partial charge in [0, 0.05) is 13.1 Å². The molecule has 1 aliphatic heterocycles. The zero-order valence-corrected chi connectivity index (χ0v) is 10.6. The Labute approximate surface area is 103 Å². The van der Waals surface area contributed by atoms with Crippen molar-refractivity contribution in [2.75, 3.05) is 18.0 Å². The molecule has 2 heterocycles. The quantitative estimate of drug-likeness (QED) is 0.750. The van der Waals surface area contributed by atoms with Crippen LogP contribution in [-0.4, -0.2) is 18.1 Å². The molecule has 0 aliphatic carbocycles. The number of hydrogen-bond acceptors (Lipinski definition) is 2. The Hall–Kier alpha value is -0.760. The molecule has 0 aromatic carbocycles. The van der Waals surface area contributed by atoms with Gasteiger partial charge in [-0.05, 0) is 30.9 Å². The van der Waals surface area contributed by atoms with Crippen molar-refractivity contribution in [3.8, 4) is 0 Å². The Balaban J connectivity index is 2.02. The molecule has 0 amide bonds. The van der Waals surface area contributed by atoms with Gasteiger partial charge in [0.2, 0.25) is 0 Å². The lowest BCUT2D eigenvalue weighted by Crippen LogP contribution is -2.34. The van der Waals surface area contributed by atoms with Crippen LogP contribution in [0.2, 0.25) is 0 Å². The highest BCUT2D eigenvalue weighted by atomic mass is 35.5. The molecule has 0 bridgehead atoms. The molecule has 2 nitrogen and oxygen atoms in total. The van der Waals surface area contributed by atoms with Crippen LogP contribution < -0.4 is 4.90 Å². The van der Waals surface area contributed by atoms with Gasteiger partial charge in [-0.2, -0.15) is 0 Å². The van der Waals surface area contributed by atoms with Crippen LogP contribution in [0.25, 0.3) is 0 Å². The maximum atomic E-state index is 5.80. The third-order valence-corrected chi connectivity index (χ3v) is 3.72. The first-order valence-corrected chi connectivity index (χ1v) is 6.63. The van der Waals surface area contributed by atoms with Crippen molar-refractivity contribution in [2.24, 2.45) is 5.92 Å². The molecule has 1 aliphatic rings. The number of pyridine rings is 1. The second-order valence-electron chi connectivity index (χ2n) is 4.46. The van der Waals surface area contributed by atoms with Gasteiger partial charge in [0.15, 0.2) is 0 Å². The summed E-state index contributed by atoms with van der Waals surface area (Å²) >= 11 is 5.80. The molecule has 0 spiro atoms. The highest BCUT2D eigenvalue weighted by Crippen LogP contribution is 2.23. The molecule has 3 heteroatoms. The first kappa shape index (κ1) is 11.7. The molecule has 1 saturated heterocycles. The van der Waals surface area contributed by atoms with Gasteiger partial charge in [0.05, 0.1) is 11.6 Å². The topological polar surface area (TPSA) is 16.1 Å². The number of hydrogen-bond donors (Lipinski definition) is 0. The van der Waals surface area contributed by atoms with E-state index in [0.717, 1.165) is 30.5 Å². The van der Waals surface area contributed by atoms with Crippen LogP contribution in [-0.2, 0) is 5.88 Å². The first-order chi connectivity index (χ1) is 7.83. The van der Waals surface area contributed by atoms with Crippen molar-refractivity contribution in [2.45, 2.75) is 32.1 Å². The van der Waals surface area contributed by atoms with E-state index in [1.54, 1.807) is 0 Å². The van der Waals surface area contributed by atoms with E-state index in [1.165, 1.54) is 19.3 Å². The third-order valence-electron chi connectivity index (χ3n) is 3.44. The summed E-state index contributed by atoms with van der Waals surface area (Å²) in [6.07, 6.45) is 3.90. The van der Waals surface area contributed by atoms with Crippen molar-refractivity contribution < 1.29 is 0 Å². The van der Waals surface area contributed by atoms with E-state index in [0.29, 0.717) is 5.88 Å². The number of nitrogens with zero attached hydrogens (tertiary/aromatic N) is 2. The lowest BCUT2D eigenvalue weighted by molar-refractivity contribution is 0.393. The monoisotopic (exact) mass is 238 g/mol. The second kappa shape index (κ2) is 5.53. The van der Waals surface area contributed by atoms with Crippen LogP contribution in [0.4, 0.5) is 5.82 Å². The SMILES string of the molecule is CCC1CCN(c2cccc(CCl)n2)CC1. The Bertz CT molecular complexity index is 332. The standard InChI is InChI=1S/C13H19ClN2/c1-2-11-6-8-16(9-7-11)13-5-3-4-12(10-14)15-13/h3-5,11H,2,6-10H2,1H3. The molecule has 0 unspecified atom stereocenters. The molecular weight excluding hydrogens is 220 g/mol. The molecule has 16 heavy (non-hydrogen) atoms. The van der Waals surface area contributed by atoms with Gasteiger partial charge in [-0.15, -0.1) is 11.6 Å². The van der Waals surface area contributed by atoms with Crippen LogP contribution in [0.5, 0.6) is 0 Å². The highest BCUT2D eigenvalue weighted by molar-refractivity contribution is 6.16. The van der Waals surface area contributed by atoms with Crippen LogP contribution in [0, 0.1) is 5.92 Å². The van der Waals surface area contributed by atoms with Crippen LogP contribution >= 0.6 is 11.6 Å². The Morgan fingerprint density at radius 2 is 2.12 bits per heavy atom. The van der Waals surface area contributed by atoms with Crippen LogP contribution in [0.1, 0.15) is 31.9 Å². The molecular formula is C13H19ClN2. The van der Waals surface area contributed by atoms with E-state index in [9.17, 15) is 0 Å². The molecule has 0 saturated carbocycles. The van der Waals surface area contributed by atoms with E-state index in [1.807, 2.05) is 12.1 Å². The molecule has 1 fully saturated rings. The van der Waals surface area contributed by atoms with Crippen molar-refractivity contribution in [3.63, 3.8) is 0 Å². The molecule has 0 atom stereocenters. The lowest BCUT2D eigenvalue weighted by Gasteiger charge is -2.32. The highest BCUT2D eigenvalue weighted by Gasteiger charge is 2.18. The van der Waals surface area contributed by atoms with Gasteiger partial charge in [-0.1, -0.05) is 19.4 Å². The summed E-state index contributed by atoms with van der Waals surface area (Å²) in [7, 11) is 0. The largest absolute Gasteiger partial charge is 0.357 e. The second-order valence-corrected chi connectivity index (χ2v) is 4.73. The average molecular weight is 239 g/mol. The van der Waals surface area contributed by atoms with E-state index < -0.39 is 0 Å². The summed E-state index contributed by atoms with van der Waals surface area (Å²) < 4.78 is 0. The van der Waals surface area contributed by atoms with E-state index in [4.69, 9.17) is 11.6 Å². The molecule has 0 N–H and O–H groups in total. The fraction of sp³-hybridized carbons (Fsp3) is 0.615. The minimum atomic E-state index is 0.499. The van der Waals surface area contributed by atoms with Gasteiger partial charge < -0.3 is 4.90 Å². The van der Waals surface area contributed by atoms with Crippen LogP contribution in [0.15, 0.2) is 18.2 Å². The summed E-state index contributed by atoms with van der Waals surface area (Å²) in [5.41, 5.74) is 0.969. The van der Waals surface area contributed by atoms with Gasteiger partial charge in [-0.3, -0.25) is 0 Å². The molecule has 1 aromatic rings.